The van der Waals surface area contributed by atoms with Gasteiger partial charge in [0.15, 0.2) is 0 Å². The fraction of sp³-hybridized carbons (Fsp3) is 0.889. The first-order valence-electron chi connectivity index (χ1n) is 9.62. The van der Waals surface area contributed by atoms with Crippen molar-refractivity contribution >= 4 is 16.5 Å². The van der Waals surface area contributed by atoms with Gasteiger partial charge in [0.25, 0.3) is 0 Å². The Morgan fingerprint density at radius 3 is 1.65 bits per heavy atom. The molecule has 0 spiro atoms. The summed E-state index contributed by atoms with van der Waals surface area (Å²) in [6.45, 7) is 3.12. The number of nitrogens with two attached hydrogens (primary N) is 1. The Hall–Kier alpha value is -0.840. The number of aromatic nitrogens is 2. The molecule has 5 heteroatoms. The van der Waals surface area contributed by atoms with E-state index in [-0.39, 0.29) is 0 Å². The maximum atomic E-state index is 7.70. The van der Waals surface area contributed by atoms with Gasteiger partial charge in [0.05, 0.1) is 0 Å². The Labute approximate surface area is 146 Å². The van der Waals surface area contributed by atoms with Gasteiger partial charge >= 0.3 is 0 Å². The Kier molecular flexibility index (Phi) is 11.9. The van der Waals surface area contributed by atoms with Crippen LogP contribution in [-0.2, 0) is 6.54 Å². The lowest BCUT2D eigenvalue weighted by Gasteiger charge is -2.03. The van der Waals surface area contributed by atoms with Crippen LogP contribution < -0.4 is 10.5 Å². The second kappa shape index (κ2) is 13.6. The molecule has 1 rings (SSSR count). The molecule has 1 aromatic heterocycles. The summed E-state index contributed by atoms with van der Waals surface area (Å²) in [6, 6.07) is 0. The summed E-state index contributed by atoms with van der Waals surface area (Å²) in [5.74, 6) is 0. The van der Waals surface area contributed by atoms with Crippen LogP contribution in [0.3, 0.4) is 0 Å². The third-order valence-electron chi connectivity index (χ3n) is 4.38. The molecule has 0 aliphatic heterocycles. The summed E-state index contributed by atoms with van der Waals surface area (Å²) in [4.78, 5) is 0.470. The van der Waals surface area contributed by atoms with E-state index < -0.39 is 0 Å². The van der Waals surface area contributed by atoms with Crippen molar-refractivity contribution in [3.8, 4) is 0 Å². The van der Waals surface area contributed by atoms with Crippen molar-refractivity contribution in [2.45, 2.75) is 103 Å². The highest BCUT2D eigenvalue weighted by Crippen LogP contribution is 2.13. The van der Waals surface area contributed by atoms with E-state index in [4.69, 9.17) is 11.1 Å². The molecule has 0 aromatic carbocycles. The Bertz CT molecular complexity index is 438. The monoisotopic (exact) mass is 340 g/mol. The molecule has 0 atom stereocenters. The summed E-state index contributed by atoms with van der Waals surface area (Å²) in [5, 5.41) is 12.3. The number of aryl methyl sites for hydroxylation is 1. The Balaban J connectivity index is 1.80. The van der Waals surface area contributed by atoms with Gasteiger partial charge in [-0.1, -0.05) is 102 Å². The van der Waals surface area contributed by atoms with Crippen LogP contribution in [-0.4, -0.2) is 9.78 Å². The lowest BCUT2D eigenvalue weighted by atomic mass is 10.0. The zero-order valence-electron chi connectivity index (χ0n) is 15.0. The van der Waals surface area contributed by atoms with Gasteiger partial charge in [-0.25, -0.2) is 4.68 Å². The first-order valence-corrected chi connectivity index (χ1v) is 10.4. The molecule has 134 valence electrons. The first-order chi connectivity index (χ1) is 11.2. The lowest BCUT2D eigenvalue weighted by Crippen LogP contribution is -2.14. The molecular formula is C18H36N4S. The molecule has 0 saturated heterocycles. The molecule has 0 saturated carbocycles. The molecule has 0 aliphatic carbocycles. The van der Waals surface area contributed by atoms with Crippen molar-refractivity contribution in [3.63, 3.8) is 0 Å². The molecule has 0 aliphatic rings. The predicted molar refractivity (Wildman–Crippen MR) is 101 cm³/mol. The van der Waals surface area contributed by atoms with Crippen LogP contribution in [0.5, 0.6) is 0 Å². The van der Waals surface area contributed by atoms with Crippen LogP contribution in [0.2, 0.25) is 0 Å². The normalized spacial score (nSPS) is 11.2. The van der Waals surface area contributed by atoms with Crippen molar-refractivity contribution in [3.05, 3.63) is 4.80 Å². The number of anilines is 1. The van der Waals surface area contributed by atoms with E-state index in [1.807, 2.05) is 0 Å². The van der Waals surface area contributed by atoms with Crippen molar-refractivity contribution in [2.24, 2.45) is 0 Å². The number of hydrogen-bond acceptors (Lipinski definition) is 4. The zero-order valence-corrected chi connectivity index (χ0v) is 15.8. The fourth-order valence-corrected chi connectivity index (χ4v) is 3.52. The second-order valence-corrected chi connectivity index (χ2v) is 7.57. The number of rotatable bonds is 15. The van der Waals surface area contributed by atoms with Gasteiger partial charge in [-0.3, -0.25) is 5.41 Å². The first kappa shape index (κ1) is 20.2. The fourth-order valence-electron chi connectivity index (χ4n) is 2.94. The smallest absolute Gasteiger partial charge is 0.202 e. The second-order valence-electron chi connectivity index (χ2n) is 6.56. The summed E-state index contributed by atoms with van der Waals surface area (Å²) < 4.78 is 1.72. The molecule has 0 unspecified atom stereocenters. The van der Waals surface area contributed by atoms with Gasteiger partial charge in [-0.05, 0) is 6.42 Å². The largest absolute Gasteiger partial charge is 0.374 e. The number of nitrogens with one attached hydrogen (secondary N) is 1. The maximum absolute atomic E-state index is 7.70. The Morgan fingerprint density at radius 1 is 0.826 bits per heavy atom. The molecule has 0 radical (unpaired) electrons. The topological polar surface area (TPSA) is 67.7 Å². The predicted octanol–water partition coefficient (Wildman–Crippen LogP) is 5.49. The molecule has 0 bridgehead atoms. The summed E-state index contributed by atoms with van der Waals surface area (Å²) in [6.07, 6.45) is 19.2. The number of nitrogen functional groups attached to an aromatic ring is 1. The van der Waals surface area contributed by atoms with E-state index in [1.54, 1.807) is 4.68 Å². The highest BCUT2D eigenvalue weighted by molar-refractivity contribution is 7.12. The van der Waals surface area contributed by atoms with Gasteiger partial charge in [0, 0.05) is 6.54 Å². The highest BCUT2D eigenvalue weighted by Gasteiger charge is 1.99. The van der Waals surface area contributed by atoms with Crippen LogP contribution in [0.25, 0.3) is 0 Å². The number of hydrogen-bond donors (Lipinski definition) is 2. The van der Waals surface area contributed by atoms with E-state index in [0.29, 0.717) is 9.93 Å². The van der Waals surface area contributed by atoms with Crippen LogP contribution in [0.4, 0.5) is 5.13 Å². The molecule has 3 N–H and O–H groups in total. The minimum Gasteiger partial charge on any atom is -0.374 e. The third kappa shape index (κ3) is 10.5. The maximum Gasteiger partial charge on any atom is 0.202 e. The molecular weight excluding hydrogens is 304 g/mol. The van der Waals surface area contributed by atoms with Gasteiger partial charge in [0.1, 0.15) is 0 Å². The number of nitrogens with zero attached hydrogens (tertiary/aromatic N) is 2. The van der Waals surface area contributed by atoms with E-state index >= 15 is 0 Å². The molecule has 1 heterocycles. The number of unbranched alkanes of at least 4 members (excludes halogenated alkanes) is 13. The molecule has 4 nitrogen and oxygen atoms in total. The van der Waals surface area contributed by atoms with E-state index in [9.17, 15) is 0 Å². The Morgan fingerprint density at radius 2 is 1.26 bits per heavy atom. The van der Waals surface area contributed by atoms with E-state index in [2.05, 4.69) is 12.0 Å². The highest BCUT2D eigenvalue weighted by atomic mass is 32.1. The molecule has 0 fully saturated rings. The van der Waals surface area contributed by atoms with Crippen molar-refractivity contribution in [2.75, 3.05) is 5.73 Å². The van der Waals surface area contributed by atoms with Crippen molar-refractivity contribution in [1.29, 1.82) is 5.41 Å². The van der Waals surface area contributed by atoms with Crippen molar-refractivity contribution in [1.82, 2.24) is 9.78 Å². The minimum absolute atomic E-state index is 0.470. The van der Waals surface area contributed by atoms with Gasteiger partial charge in [0.2, 0.25) is 9.93 Å². The molecule has 0 amide bonds. The van der Waals surface area contributed by atoms with Crippen LogP contribution in [0.1, 0.15) is 96.8 Å². The van der Waals surface area contributed by atoms with Gasteiger partial charge in [-0.2, -0.15) is 0 Å². The average molecular weight is 341 g/mol. The third-order valence-corrected chi connectivity index (χ3v) is 5.07. The average Bonchev–Trinajstić information content (AvgIpc) is 2.85. The van der Waals surface area contributed by atoms with E-state index in [0.717, 1.165) is 13.0 Å². The van der Waals surface area contributed by atoms with E-state index in [1.165, 1.54) is 94.8 Å². The SMILES string of the molecule is CCCCCCCCCCCCCCCCn1nc(N)sc1=N. The van der Waals surface area contributed by atoms with Crippen LogP contribution in [0.15, 0.2) is 0 Å². The summed E-state index contributed by atoms with van der Waals surface area (Å²) >= 11 is 1.25. The molecule has 1 aromatic rings. The minimum atomic E-state index is 0.470. The quantitative estimate of drug-likeness (QED) is 0.415. The summed E-state index contributed by atoms with van der Waals surface area (Å²) in [5.41, 5.74) is 5.60. The zero-order chi connectivity index (χ0) is 16.8. The molecule has 23 heavy (non-hydrogen) atoms. The van der Waals surface area contributed by atoms with Crippen molar-refractivity contribution < 1.29 is 0 Å². The standard InChI is InChI=1S/C18H36N4S/c1-2-3-4-5-6-7-8-9-10-11-12-13-14-15-16-22-18(20)23-17(19)21-22/h20H,2-16H2,1H3,(H2,19,21). The summed E-state index contributed by atoms with van der Waals surface area (Å²) in [7, 11) is 0. The van der Waals surface area contributed by atoms with Gasteiger partial charge in [-0.15, -0.1) is 5.10 Å². The van der Waals surface area contributed by atoms with Gasteiger partial charge < -0.3 is 5.73 Å². The lowest BCUT2D eigenvalue weighted by molar-refractivity contribution is 0.503. The van der Waals surface area contributed by atoms with Crippen LogP contribution >= 0.6 is 11.3 Å². The van der Waals surface area contributed by atoms with Crippen LogP contribution in [0, 0.1) is 5.41 Å².